The lowest BCUT2D eigenvalue weighted by atomic mass is 9.99. The third kappa shape index (κ3) is 4.58. The van der Waals surface area contributed by atoms with Gasteiger partial charge in [0.2, 0.25) is 0 Å². The average Bonchev–Trinajstić information content (AvgIpc) is 3.44. The largest absolute Gasteiger partial charge is 0.492 e. The van der Waals surface area contributed by atoms with E-state index >= 15 is 0 Å². The van der Waals surface area contributed by atoms with Crippen LogP contribution in [0.3, 0.4) is 0 Å². The van der Waals surface area contributed by atoms with E-state index in [4.69, 9.17) is 9.47 Å². The second kappa shape index (κ2) is 9.41. The number of aromatic nitrogens is 1. The molecular weight excluding hydrogens is 438 g/mol. The van der Waals surface area contributed by atoms with Crippen molar-refractivity contribution < 1.29 is 14.3 Å². The number of hydrogen-bond donors (Lipinski definition) is 2. The van der Waals surface area contributed by atoms with Crippen molar-refractivity contribution in [3.8, 4) is 16.9 Å². The van der Waals surface area contributed by atoms with Crippen LogP contribution in [0.15, 0.2) is 72.8 Å². The molecular formula is C29H27N3O3. The molecule has 3 aromatic carbocycles. The summed E-state index contributed by atoms with van der Waals surface area (Å²) < 4.78 is 11.4. The van der Waals surface area contributed by atoms with E-state index < -0.39 is 0 Å². The third-order valence-corrected chi connectivity index (χ3v) is 6.60. The summed E-state index contributed by atoms with van der Waals surface area (Å²) in [5, 5.41) is 4.04. The Bertz CT molecular complexity index is 1400. The number of hydrogen-bond acceptors (Lipinski definition) is 4. The van der Waals surface area contributed by atoms with E-state index in [0.29, 0.717) is 12.2 Å². The second-order valence-electron chi connectivity index (χ2n) is 8.91. The lowest BCUT2D eigenvalue weighted by molar-refractivity contribution is -0.110. The highest BCUT2D eigenvalue weighted by Gasteiger charge is 2.24. The summed E-state index contributed by atoms with van der Waals surface area (Å²) >= 11 is 0. The van der Waals surface area contributed by atoms with Crippen molar-refractivity contribution in [1.82, 2.24) is 9.88 Å². The van der Waals surface area contributed by atoms with E-state index in [1.165, 1.54) is 0 Å². The fourth-order valence-corrected chi connectivity index (χ4v) is 4.72. The van der Waals surface area contributed by atoms with Gasteiger partial charge in [0.25, 0.3) is 5.91 Å². The number of aromatic amines is 1. The van der Waals surface area contributed by atoms with E-state index in [0.717, 1.165) is 77.6 Å². The SMILES string of the molecule is O=C1Nc2ccc(-c3ccccc3)cc2/C1=C\c1cc2cc(OCCN3CCOCC3)ccc2[nH]1. The van der Waals surface area contributed by atoms with Crippen LogP contribution in [0, 0.1) is 0 Å². The number of benzene rings is 3. The number of anilines is 1. The first-order valence-electron chi connectivity index (χ1n) is 12.0. The maximum atomic E-state index is 12.8. The van der Waals surface area contributed by atoms with Gasteiger partial charge in [-0.15, -0.1) is 0 Å². The first kappa shape index (κ1) is 21.6. The highest BCUT2D eigenvalue weighted by Crippen LogP contribution is 2.36. The Hall–Kier alpha value is -3.87. The molecule has 6 nitrogen and oxygen atoms in total. The van der Waals surface area contributed by atoms with Crippen LogP contribution in [0.25, 0.3) is 33.7 Å². The molecule has 2 aliphatic rings. The van der Waals surface area contributed by atoms with Gasteiger partial charge in [0.05, 0.1) is 18.8 Å². The Balaban J connectivity index is 1.22. The van der Waals surface area contributed by atoms with Gasteiger partial charge in [0.15, 0.2) is 0 Å². The molecule has 0 spiro atoms. The maximum Gasteiger partial charge on any atom is 0.256 e. The number of nitrogens with one attached hydrogen (secondary N) is 2. The fraction of sp³-hybridized carbons (Fsp3) is 0.207. The summed E-state index contributed by atoms with van der Waals surface area (Å²) in [5.41, 5.74) is 6.52. The number of fused-ring (bicyclic) bond motifs is 2. The van der Waals surface area contributed by atoms with Crippen LogP contribution >= 0.6 is 0 Å². The number of morpholine rings is 1. The normalized spacial score (nSPS) is 17.0. The fourth-order valence-electron chi connectivity index (χ4n) is 4.72. The Morgan fingerprint density at radius 1 is 0.943 bits per heavy atom. The molecule has 1 amide bonds. The zero-order chi connectivity index (χ0) is 23.6. The number of H-pyrrole nitrogens is 1. The van der Waals surface area contributed by atoms with Gasteiger partial charge in [-0.2, -0.15) is 0 Å². The first-order valence-corrected chi connectivity index (χ1v) is 12.0. The molecule has 35 heavy (non-hydrogen) atoms. The molecule has 0 atom stereocenters. The number of rotatable bonds is 6. The van der Waals surface area contributed by atoms with E-state index in [9.17, 15) is 4.79 Å². The molecule has 0 bridgehead atoms. The quantitative estimate of drug-likeness (QED) is 0.392. The molecule has 2 N–H and O–H groups in total. The second-order valence-corrected chi connectivity index (χ2v) is 8.91. The van der Waals surface area contributed by atoms with Crippen LogP contribution in [0.4, 0.5) is 5.69 Å². The summed E-state index contributed by atoms with van der Waals surface area (Å²) in [6.07, 6.45) is 1.93. The van der Waals surface area contributed by atoms with Crippen LogP contribution in [0.2, 0.25) is 0 Å². The van der Waals surface area contributed by atoms with Gasteiger partial charge in [0, 0.05) is 47.5 Å². The van der Waals surface area contributed by atoms with Crippen LogP contribution in [-0.2, 0) is 9.53 Å². The van der Waals surface area contributed by atoms with Crippen molar-refractivity contribution >= 4 is 34.1 Å². The summed E-state index contributed by atoms with van der Waals surface area (Å²) in [6, 6.07) is 24.4. The lowest BCUT2D eigenvalue weighted by Gasteiger charge is -2.26. The number of carbonyl (C=O) groups is 1. The summed E-state index contributed by atoms with van der Waals surface area (Å²) in [6.45, 7) is 5.05. The minimum atomic E-state index is -0.0870. The number of ether oxygens (including phenoxy) is 2. The molecule has 6 heteroatoms. The molecule has 3 heterocycles. The Morgan fingerprint density at radius 2 is 1.80 bits per heavy atom. The molecule has 0 unspecified atom stereocenters. The molecule has 4 aromatic rings. The molecule has 0 radical (unpaired) electrons. The van der Waals surface area contributed by atoms with Crippen LogP contribution in [0.1, 0.15) is 11.3 Å². The summed E-state index contributed by atoms with van der Waals surface area (Å²) in [4.78, 5) is 18.6. The van der Waals surface area contributed by atoms with Gasteiger partial charge >= 0.3 is 0 Å². The van der Waals surface area contributed by atoms with E-state index in [1.807, 2.05) is 54.6 Å². The molecule has 1 aromatic heterocycles. The highest BCUT2D eigenvalue weighted by molar-refractivity contribution is 6.35. The third-order valence-electron chi connectivity index (χ3n) is 6.60. The maximum absolute atomic E-state index is 12.8. The van der Waals surface area contributed by atoms with Gasteiger partial charge in [-0.25, -0.2) is 0 Å². The van der Waals surface area contributed by atoms with Crippen LogP contribution in [-0.4, -0.2) is 55.2 Å². The zero-order valence-electron chi connectivity index (χ0n) is 19.4. The first-order chi connectivity index (χ1) is 17.2. The van der Waals surface area contributed by atoms with Crippen molar-refractivity contribution in [2.75, 3.05) is 44.8 Å². The van der Waals surface area contributed by atoms with Crippen molar-refractivity contribution in [2.24, 2.45) is 0 Å². The van der Waals surface area contributed by atoms with Crippen molar-refractivity contribution in [3.63, 3.8) is 0 Å². The van der Waals surface area contributed by atoms with Crippen molar-refractivity contribution in [2.45, 2.75) is 0 Å². The van der Waals surface area contributed by atoms with Crippen LogP contribution < -0.4 is 10.1 Å². The van der Waals surface area contributed by atoms with E-state index in [-0.39, 0.29) is 5.91 Å². The lowest BCUT2D eigenvalue weighted by Crippen LogP contribution is -2.38. The van der Waals surface area contributed by atoms with Gasteiger partial charge in [-0.3, -0.25) is 9.69 Å². The zero-order valence-corrected chi connectivity index (χ0v) is 19.4. The Labute approximate surface area is 204 Å². The van der Waals surface area contributed by atoms with Crippen molar-refractivity contribution in [3.05, 3.63) is 84.1 Å². The Morgan fingerprint density at radius 3 is 2.66 bits per heavy atom. The number of nitrogens with zero attached hydrogens (tertiary/aromatic N) is 1. The molecule has 1 saturated heterocycles. The van der Waals surface area contributed by atoms with Gasteiger partial charge in [-0.1, -0.05) is 36.4 Å². The summed E-state index contributed by atoms with van der Waals surface area (Å²) in [7, 11) is 0. The molecule has 2 aliphatic heterocycles. The molecule has 176 valence electrons. The van der Waals surface area contributed by atoms with E-state index in [2.05, 4.69) is 39.5 Å². The smallest absolute Gasteiger partial charge is 0.256 e. The predicted molar refractivity (Wildman–Crippen MR) is 139 cm³/mol. The van der Waals surface area contributed by atoms with Crippen molar-refractivity contribution in [1.29, 1.82) is 0 Å². The molecule has 0 saturated carbocycles. The minimum Gasteiger partial charge on any atom is -0.492 e. The van der Waals surface area contributed by atoms with Gasteiger partial charge in [-0.05, 0) is 53.6 Å². The van der Waals surface area contributed by atoms with Gasteiger partial charge in [0.1, 0.15) is 12.4 Å². The predicted octanol–water partition coefficient (Wildman–Crippen LogP) is 5.04. The monoisotopic (exact) mass is 465 g/mol. The average molecular weight is 466 g/mol. The molecule has 1 fully saturated rings. The van der Waals surface area contributed by atoms with E-state index in [1.54, 1.807) is 0 Å². The minimum absolute atomic E-state index is 0.0870. The standard InChI is InChI=1S/C29H27N3O3/c33-29-26(25-18-21(6-8-28(25)31-29)20-4-2-1-3-5-20)19-23-16-22-17-24(7-9-27(22)30-23)35-15-12-32-10-13-34-14-11-32/h1-9,16-19,30H,10-15H2,(H,31,33)/b26-19+. The highest BCUT2D eigenvalue weighted by atomic mass is 16.5. The number of carbonyl (C=O) groups excluding carboxylic acids is 1. The number of amides is 1. The molecule has 0 aliphatic carbocycles. The summed E-state index contributed by atoms with van der Waals surface area (Å²) in [5.74, 6) is 0.761. The Kier molecular flexibility index (Phi) is 5.82. The van der Waals surface area contributed by atoms with Gasteiger partial charge < -0.3 is 19.8 Å². The molecule has 6 rings (SSSR count). The topological polar surface area (TPSA) is 66.6 Å². The van der Waals surface area contributed by atoms with Crippen LogP contribution in [0.5, 0.6) is 5.75 Å².